The maximum absolute atomic E-state index is 11.4. The molecule has 2 rings (SSSR count). The van der Waals surface area contributed by atoms with Crippen LogP contribution in [0.3, 0.4) is 0 Å². The van der Waals surface area contributed by atoms with Crippen molar-refractivity contribution in [3.63, 3.8) is 0 Å². The highest BCUT2D eigenvalue weighted by molar-refractivity contribution is 5.95. The molecule has 1 aliphatic heterocycles. The van der Waals surface area contributed by atoms with E-state index in [1.54, 1.807) is 0 Å². The zero-order valence-corrected chi connectivity index (χ0v) is 11.7. The van der Waals surface area contributed by atoms with Gasteiger partial charge < -0.3 is 22.1 Å². The molecule has 0 unspecified atom stereocenters. The third-order valence-corrected chi connectivity index (χ3v) is 3.26. The zero-order chi connectivity index (χ0) is 14.9. The summed E-state index contributed by atoms with van der Waals surface area (Å²) >= 11 is 0. The number of benzene rings is 1. The smallest absolute Gasteiger partial charge is 0.224 e. The second-order valence-corrected chi connectivity index (χ2v) is 5.80. The molecule has 6 nitrogen and oxygen atoms in total. The molecule has 1 heterocycles. The van der Waals surface area contributed by atoms with Crippen LogP contribution < -0.4 is 22.1 Å². The molecule has 108 valence electrons. The molecule has 6 N–H and O–H groups in total. The Kier molecular flexibility index (Phi) is 3.57. The van der Waals surface area contributed by atoms with Gasteiger partial charge in [-0.1, -0.05) is 0 Å². The van der Waals surface area contributed by atoms with Gasteiger partial charge in [0.15, 0.2) is 0 Å². The third kappa shape index (κ3) is 3.20. The summed E-state index contributed by atoms with van der Waals surface area (Å²) in [7, 11) is 0. The van der Waals surface area contributed by atoms with E-state index in [0.29, 0.717) is 24.2 Å². The van der Waals surface area contributed by atoms with Crippen LogP contribution in [0.25, 0.3) is 0 Å². The molecule has 0 aromatic heterocycles. The lowest BCUT2D eigenvalue weighted by Crippen LogP contribution is -2.36. The summed E-state index contributed by atoms with van der Waals surface area (Å²) in [4.78, 5) is 22.5. The van der Waals surface area contributed by atoms with E-state index in [4.69, 9.17) is 11.5 Å². The second-order valence-electron chi connectivity index (χ2n) is 5.80. The van der Waals surface area contributed by atoms with E-state index < -0.39 is 5.54 Å². The Morgan fingerprint density at radius 2 is 2.10 bits per heavy atom. The van der Waals surface area contributed by atoms with Gasteiger partial charge in [-0.2, -0.15) is 0 Å². The standard InChI is InChI=1S/C14H20N4O2/c1-14(2,7-12(16)19)18-11-6-10-8(5-9(11)15)3-4-13(20)17-10/h5-6,18H,3-4,7,15H2,1-2H3,(H2,16,19)(H,17,20). The number of aryl methyl sites for hydroxylation is 1. The molecular weight excluding hydrogens is 256 g/mol. The van der Waals surface area contributed by atoms with Crippen LogP contribution in [-0.2, 0) is 16.0 Å². The SMILES string of the molecule is CC(C)(CC(N)=O)Nc1cc2c(cc1N)CCC(=O)N2. The number of primary amides is 1. The Labute approximate surface area is 117 Å². The molecule has 0 atom stereocenters. The quantitative estimate of drug-likeness (QED) is 0.620. The van der Waals surface area contributed by atoms with E-state index in [2.05, 4.69) is 10.6 Å². The van der Waals surface area contributed by atoms with Crippen molar-refractivity contribution in [3.05, 3.63) is 17.7 Å². The predicted molar refractivity (Wildman–Crippen MR) is 79.3 cm³/mol. The average molecular weight is 276 g/mol. The molecule has 1 aromatic rings. The number of amides is 2. The van der Waals surface area contributed by atoms with E-state index in [1.807, 2.05) is 26.0 Å². The molecule has 0 fully saturated rings. The van der Waals surface area contributed by atoms with Crippen molar-refractivity contribution in [2.24, 2.45) is 5.73 Å². The van der Waals surface area contributed by atoms with E-state index in [0.717, 1.165) is 11.3 Å². The first-order chi connectivity index (χ1) is 9.27. The monoisotopic (exact) mass is 276 g/mol. The lowest BCUT2D eigenvalue weighted by atomic mass is 9.97. The minimum atomic E-state index is -0.507. The molecule has 1 aromatic carbocycles. The summed E-state index contributed by atoms with van der Waals surface area (Å²) < 4.78 is 0. The summed E-state index contributed by atoms with van der Waals surface area (Å²) in [6.07, 6.45) is 1.36. The first-order valence-electron chi connectivity index (χ1n) is 6.55. The van der Waals surface area contributed by atoms with E-state index in [9.17, 15) is 9.59 Å². The van der Waals surface area contributed by atoms with Gasteiger partial charge in [-0.05, 0) is 38.0 Å². The first kappa shape index (κ1) is 14.2. The van der Waals surface area contributed by atoms with Crippen molar-refractivity contribution >= 4 is 28.9 Å². The number of anilines is 3. The molecule has 6 heteroatoms. The number of rotatable bonds is 4. The number of hydrogen-bond acceptors (Lipinski definition) is 4. The first-order valence-corrected chi connectivity index (χ1v) is 6.55. The van der Waals surface area contributed by atoms with Gasteiger partial charge in [0.1, 0.15) is 0 Å². The predicted octanol–water partition coefficient (Wildman–Crippen LogP) is 1.22. The van der Waals surface area contributed by atoms with Crippen molar-refractivity contribution in [1.82, 2.24) is 0 Å². The molecule has 1 aliphatic rings. The Bertz CT molecular complexity index is 567. The van der Waals surface area contributed by atoms with Crippen molar-refractivity contribution < 1.29 is 9.59 Å². The average Bonchev–Trinajstić information content (AvgIpc) is 2.28. The van der Waals surface area contributed by atoms with Crippen LogP contribution in [0.15, 0.2) is 12.1 Å². The fourth-order valence-corrected chi connectivity index (χ4v) is 2.40. The maximum atomic E-state index is 11.4. The molecule has 0 saturated heterocycles. The fraction of sp³-hybridized carbons (Fsp3) is 0.429. The van der Waals surface area contributed by atoms with Gasteiger partial charge >= 0.3 is 0 Å². The maximum Gasteiger partial charge on any atom is 0.224 e. The van der Waals surface area contributed by atoms with E-state index in [-0.39, 0.29) is 18.2 Å². The van der Waals surface area contributed by atoms with Crippen molar-refractivity contribution in [3.8, 4) is 0 Å². The number of hydrogen-bond donors (Lipinski definition) is 4. The number of nitrogen functional groups attached to an aromatic ring is 1. The highest BCUT2D eigenvalue weighted by Gasteiger charge is 2.23. The minimum Gasteiger partial charge on any atom is -0.397 e. The summed E-state index contributed by atoms with van der Waals surface area (Å²) in [5, 5.41) is 6.03. The zero-order valence-electron chi connectivity index (χ0n) is 11.7. The van der Waals surface area contributed by atoms with Crippen LogP contribution >= 0.6 is 0 Å². The van der Waals surface area contributed by atoms with E-state index >= 15 is 0 Å². The van der Waals surface area contributed by atoms with Gasteiger partial charge in [-0.3, -0.25) is 9.59 Å². The van der Waals surface area contributed by atoms with Crippen molar-refractivity contribution in [1.29, 1.82) is 0 Å². The van der Waals surface area contributed by atoms with Crippen molar-refractivity contribution in [2.75, 3.05) is 16.4 Å². The summed E-state index contributed by atoms with van der Waals surface area (Å²) in [5.41, 5.74) is 13.8. The molecule has 20 heavy (non-hydrogen) atoms. The highest BCUT2D eigenvalue weighted by atomic mass is 16.2. The van der Waals surface area contributed by atoms with Crippen LogP contribution in [0.5, 0.6) is 0 Å². The number of nitrogens with two attached hydrogens (primary N) is 2. The fourth-order valence-electron chi connectivity index (χ4n) is 2.40. The minimum absolute atomic E-state index is 0.00428. The van der Waals surface area contributed by atoms with Gasteiger partial charge in [0.2, 0.25) is 11.8 Å². The largest absolute Gasteiger partial charge is 0.397 e. The van der Waals surface area contributed by atoms with Crippen LogP contribution in [-0.4, -0.2) is 17.4 Å². The molecule has 2 amide bonds. The summed E-state index contributed by atoms with van der Waals surface area (Å²) in [5.74, 6) is -0.378. The lowest BCUT2D eigenvalue weighted by Gasteiger charge is -2.28. The Morgan fingerprint density at radius 3 is 2.75 bits per heavy atom. The Morgan fingerprint density at radius 1 is 1.40 bits per heavy atom. The molecular formula is C14H20N4O2. The number of fused-ring (bicyclic) bond motifs is 1. The Balaban J connectivity index is 2.26. The molecule has 0 aliphatic carbocycles. The van der Waals surface area contributed by atoms with Crippen LogP contribution in [0, 0.1) is 0 Å². The number of carbonyl (C=O) groups excluding carboxylic acids is 2. The summed E-state index contributed by atoms with van der Waals surface area (Å²) in [6, 6.07) is 3.67. The van der Waals surface area contributed by atoms with Crippen LogP contribution in [0.1, 0.15) is 32.3 Å². The van der Waals surface area contributed by atoms with Gasteiger partial charge in [0.05, 0.1) is 11.4 Å². The van der Waals surface area contributed by atoms with Gasteiger partial charge in [-0.15, -0.1) is 0 Å². The van der Waals surface area contributed by atoms with Crippen LogP contribution in [0.2, 0.25) is 0 Å². The lowest BCUT2D eigenvalue weighted by molar-refractivity contribution is -0.119. The molecule has 0 saturated carbocycles. The van der Waals surface area contributed by atoms with Crippen molar-refractivity contribution in [2.45, 2.75) is 38.6 Å². The number of nitrogens with one attached hydrogen (secondary N) is 2. The van der Waals surface area contributed by atoms with E-state index in [1.165, 1.54) is 0 Å². The topological polar surface area (TPSA) is 110 Å². The Hall–Kier alpha value is -2.24. The highest BCUT2D eigenvalue weighted by Crippen LogP contribution is 2.32. The van der Waals surface area contributed by atoms with Crippen LogP contribution in [0.4, 0.5) is 17.1 Å². The molecule has 0 radical (unpaired) electrons. The van der Waals surface area contributed by atoms with Gasteiger partial charge in [-0.25, -0.2) is 0 Å². The molecule has 0 spiro atoms. The second kappa shape index (κ2) is 5.03. The van der Waals surface area contributed by atoms with Gasteiger partial charge in [0.25, 0.3) is 0 Å². The molecule has 0 bridgehead atoms. The summed E-state index contributed by atoms with van der Waals surface area (Å²) in [6.45, 7) is 3.74. The normalized spacial score (nSPS) is 14.4. The third-order valence-electron chi connectivity index (χ3n) is 3.26. The van der Waals surface area contributed by atoms with Gasteiger partial charge in [0, 0.05) is 24.1 Å². The number of carbonyl (C=O) groups is 2.